The van der Waals surface area contributed by atoms with Gasteiger partial charge in [-0.1, -0.05) is 6.07 Å². The molecular weight excluding hydrogens is 282 g/mol. The van der Waals surface area contributed by atoms with Crippen molar-refractivity contribution < 1.29 is 18.3 Å². The summed E-state index contributed by atoms with van der Waals surface area (Å²) in [7, 11) is 0. The minimum Gasteiger partial charge on any atom is -0.471 e. The number of hydrogen-bond acceptors (Lipinski definition) is 4. The van der Waals surface area contributed by atoms with Crippen molar-refractivity contribution in [2.24, 2.45) is 10.7 Å². The average molecular weight is 300 g/mol. The third kappa shape index (κ3) is 4.82. The number of nitrogens with two attached hydrogens (primary N) is 1. The molecule has 0 spiro atoms. The number of halogens is 2. The topological polar surface area (TPSA) is 73.0 Å². The highest BCUT2D eigenvalue weighted by atomic mass is 19.3. The summed E-state index contributed by atoms with van der Waals surface area (Å²) in [5, 5.41) is 0. The van der Waals surface area contributed by atoms with E-state index in [1.165, 1.54) is 6.20 Å². The fourth-order valence-electron chi connectivity index (χ4n) is 1.87. The highest BCUT2D eigenvalue weighted by molar-refractivity contribution is 5.78. The lowest BCUT2D eigenvalue weighted by atomic mass is 10.3. The molecule has 8 heteroatoms. The molecule has 116 valence electrons. The first-order valence-electron chi connectivity index (χ1n) is 6.64. The van der Waals surface area contributed by atoms with Gasteiger partial charge in [0.15, 0.2) is 12.6 Å². The van der Waals surface area contributed by atoms with E-state index < -0.39 is 13.0 Å². The molecule has 1 aromatic rings. The Balaban J connectivity index is 1.98. The number of alkyl halides is 2. The van der Waals surface area contributed by atoms with E-state index in [4.69, 9.17) is 15.2 Å². The summed E-state index contributed by atoms with van der Waals surface area (Å²) < 4.78 is 34.6. The van der Waals surface area contributed by atoms with Crippen molar-refractivity contribution in [1.29, 1.82) is 0 Å². The van der Waals surface area contributed by atoms with Gasteiger partial charge < -0.3 is 20.1 Å². The van der Waals surface area contributed by atoms with Gasteiger partial charge in [0.1, 0.15) is 0 Å². The fourth-order valence-corrected chi connectivity index (χ4v) is 1.87. The predicted octanol–water partition coefficient (Wildman–Crippen LogP) is 0.872. The van der Waals surface area contributed by atoms with Crippen LogP contribution in [0.15, 0.2) is 23.3 Å². The Morgan fingerprint density at radius 2 is 2.24 bits per heavy atom. The second-order valence-electron chi connectivity index (χ2n) is 4.44. The Morgan fingerprint density at radius 3 is 2.95 bits per heavy atom. The lowest BCUT2D eigenvalue weighted by Gasteiger charge is -2.27. The molecule has 2 N–H and O–H groups in total. The van der Waals surface area contributed by atoms with Crippen LogP contribution in [0.2, 0.25) is 0 Å². The third-order valence-electron chi connectivity index (χ3n) is 2.94. The van der Waals surface area contributed by atoms with Gasteiger partial charge in [0.25, 0.3) is 6.43 Å². The van der Waals surface area contributed by atoms with Gasteiger partial charge in [-0.05, 0) is 6.07 Å². The average Bonchev–Trinajstić information content (AvgIpc) is 2.52. The van der Waals surface area contributed by atoms with E-state index in [0.29, 0.717) is 37.8 Å². The van der Waals surface area contributed by atoms with Crippen LogP contribution in [0, 0.1) is 0 Å². The molecule has 0 amide bonds. The van der Waals surface area contributed by atoms with Gasteiger partial charge >= 0.3 is 0 Å². The van der Waals surface area contributed by atoms with Crippen molar-refractivity contribution in [2.45, 2.75) is 13.0 Å². The number of hydrogen-bond donors (Lipinski definition) is 1. The Morgan fingerprint density at radius 1 is 1.48 bits per heavy atom. The number of ether oxygens (including phenoxy) is 2. The normalized spacial score (nSPS) is 16.3. The molecule has 1 fully saturated rings. The smallest absolute Gasteiger partial charge is 0.272 e. The highest BCUT2D eigenvalue weighted by Gasteiger charge is 2.13. The number of pyridine rings is 1. The molecule has 0 atom stereocenters. The molecule has 1 aliphatic heterocycles. The van der Waals surface area contributed by atoms with Crippen LogP contribution < -0.4 is 10.5 Å². The van der Waals surface area contributed by atoms with E-state index in [-0.39, 0.29) is 12.4 Å². The zero-order valence-corrected chi connectivity index (χ0v) is 11.5. The van der Waals surface area contributed by atoms with Crippen molar-refractivity contribution >= 4 is 5.96 Å². The summed E-state index contributed by atoms with van der Waals surface area (Å²) in [5.41, 5.74) is 6.53. The summed E-state index contributed by atoms with van der Waals surface area (Å²) >= 11 is 0. The van der Waals surface area contributed by atoms with E-state index in [0.717, 1.165) is 0 Å². The first-order valence-corrected chi connectivity index (χ1v) is 6.64. The zero-order valence-electron chi connectivity index (χ0n) is 11.5. The van der Waals surface area contributed by atoms with Crippen LogP contribution in [0.3, 0.4) is 0 Å². The molecule has 6 nitrogen and oxygen atoms in total. The third-order valence-corrected chi connectivity index (χ3v) is 2.94. The van der Waals surface area contributed by atoms with Gasteiger partial charge in [0, 0.05) is 24.8 Å². The van der Waals surface area contributed by atoms with Crippen molar-refractivity contribution in [3.05, 3.63) is 23.9 Å². The number of nitrogens with zero attached hydrogens (tertiary/aromatic N) is 3. The molecule has 21 heavy (non-hydrogen) atoms. The van der Waals surface area contributed by atoms with Crippen LogP contribution in [0.5, 0.6) is 5.88 Å². The monoisotopic (exact) mass is 300 g/mol. The van der Waals surface area contributed by atoms with Gasteiger partial charge in [-0.25, -0.2) is 18.8 Å². The maximum absolute atomic E-state index is 12.2. The molecule has 0 saturated carbocycles. The molecule has 1 aromatic heterocycles. The number of guanidine groups is 1. The van der Waals surface area contributed by atoms with Crippen molar-refractivity contribution in [3.8, 4) is 5.88 Å². The second kappa shape index (κ2) is 7.72. The Bertz CT molecular complexity index is 479. The molecule has 2 heterocycles. The number of aromatic nitrogens is 1. The molecule has 0 aliphatic carbocycles. The Hall–Kier alpha value is -1.96. The number of morpholine rings is 1. The number of aliphatic imine (C=N–C) groups is 1. The summed E-state index contributed by atoms with van der Waals surface area (Å²) in [5.74, 6) is 0.568. The quantitative estimate of drug-likeness (QED) is 0.645. The molecule has 0 unspecified atom stereocenters. The summed E-state index contributed by atoms with van der Waals surface area (Å²) in [6.45, 7) is 2.16. The van der Waals surface area contributed by atoms with Gasteiger partial charge in [0.05, 0.1) is 19.8 Å². The predicted molar refractivity (Wildman–Crippen MR) is 73.5 cm³/mol. The standard InChI is InChI=1S/C13H18F2N4O2/c14-11(15)9-21-12-10(2-1-3-17-12)8-18-13(16)19-4-6-20-7-5-19/h1-3,11H,4-9H2,(H2,16,18). The summed E-state index contributed by atoms with van der Waals surface area (Å²) in [6.07, 6.45) is -1.05. The van der Waals surface area contributed by atoms with Crippen molar-refractivity contribution in [3.63, 3.8) is 0 Å². The zero-order chi connectivity index (χ0) is 15.1. The van der Waals surface area contributed by atoms with Gasteiger partial charge in [-0.3, -0.25) is 0 Å². The van der Waals surface area contributed by atoms with E-state index in [1.54, 1.807) is 12.1 Å². The Labute approximate surface area is 121 Å². The van der Waals surface area contributed by atoms with Gasteiger partial charge in [-0.15, -0.1) is 0 Å². The molecule has 0 radical (unpaired) electrons. The first-order chi connectivity index (χ1) is 10.2. The van der Waals surface area contributed by atoms with Crippen LogP contribution in [-0.4, -0.2) is 55.2 Å². The summed E-state index contributed by atoms with van der Waals surface area (Å²) in [6, 6.07) is 3.43. The van der Waals surface area contributed by atoms with E-state index in [2.05, 4.69) is 9.98 Å². The molecule has 0 aromatic carbocycles. The largest absolute Gasteiger partial charge is 0.471 e. The number of rotatable bonds is 5. The van der Waals surface area contributed by atoms with Crippen molar-refractivity contribution in [1.82, 2.24) is 9.88 Å². The van der Waals surface area contributed by atoms with E-state index in [9.17, 15) is 8.78 Å². The second-order valence-corrected chi connectivity index (χ2v) is 4.44. The SMILES string of the molecule is NC(=NCc1cccnc1OCC(F)F)N1CCOCC1. The first kappa shape index (κ1) is 15.4. The molecule has 2 rings (SSSR count). The lowest BCUT2D eigenvalue weighted by Crippen LogP contribution is -2.44. The van der Waals surface area contributed by atoms with Crippen LogP contribution in [-0.2, 0) is 11.3 Å². The molecule has 1 saturated heterocycles. The highest BCUT2D eigenvalue weighted by Crippen LogP contribution is 2.16. The van der Waals surface area contributed by atoms with Crippen LogP contribution in [0.1, 0.15) is 5.56 Å². The molecular formula is C13H18F2N4O2. The van der Waals surface area contributed by atoms with E-state index in [1.807, 2.05) is 4.90 Å². The van der Waals surface area contributed by atoms with Crippen LogP contribution in [0.4, 0.5) is 8.78 Å². The lowest BCUT2D eigenvalue weighted by molar-refractivity contribution is 0.0674. The minimum absolute atomic E-state index is 0.163. The summed E-state index contributed by atoms with van der Waals surface area (Å²) in [4.78, 5) is 10.1. The van der Waals surface area contributed by atoms with Gasteiger partial charge in [-0.2, -0.15) is 0 Å². The van der Waals surface area contributed by atoms with E-state index >= 15 is 0 Å². The minimum atomic E-state index is -2.54. The molecule has 1 aliphatic rings. The van der Waals surface area contributed by atoms with Gasteiger partial charge in [0.2, 0.25) is 5.88 Å². The van der Waals surface area contributed by atoms with Crippen molar-refractivity contribution in [2.75, 3.05) is 32.9 Å². The Kier molecular flexibility index (Phi) is 5.68. The fraction of sp³-hybridized carbons (Fsp3) is 0.538. The maximum atomic E-state index is 12.2. The molecule has 0 bridgehead atoms. The maximum Gasteiger partial charge on any atom is 0.272 e. The van der Waals surface area contributed by atoms with Crippen LogP contribution in [0.25, 0.3) is 0 Å². The van der Waals surface area contributed by atoms with Crippen LogP contribution >= 0.6 is 0 Å².